The van der Waals surface area contributed by atoms with Crippen LogP contribution in [0.2, 0.25) is 0 Å². The molecular weight excluding hydrogens is 256 g/mol. The molecule has 2 N–H and O–H groups in total. The van der Waals surface area contributed by atoms with Crippen LogP contribution in [0.25, 0.3) is 0 Å². The Morgan fingerprint density at radius 3 is 1.60 bits per heavy atom. The van der Waals surface area contributed by atoms with Gasteiger partial charge in [-0.2, -0.15) is 0 Å². The maximum absolute atomic E-state index is 10.4. The summed E-state index contributed by atoms with van der Waals surface area (Å²) in [5.74, 6) is -0.915. The van der Waals surface area contributed by atoms with E-state index in [0.29, 0.717) is 5.92 Å². The Hall–Kier alpha value is -1.32. The van der Waals surface area contributed by atoms with Gasteiger partial charge in [-0.3, -0.25) is 9.59 Å². The number of carboxylic acids is 2. The van der Waals surface area contributed by atoms with Gasteiger partial charge < -0.3 is 10.2 Å². The molecule has 0 spiro atoms. The first-order valence-corrected chi connectivity index (χ1v) is 7.62. The summed E-state index contributed by atoms with van der Waals surface area (Å²) in [5.41, 5.74) is 0. The van der Waals surface area contributed by atoms with Crippen molar-refractivity contribution in [1.82, 2.24) is 0 Å². The molecular formula is C16H28O4. The molecule has 4 nitrogen and oxygen atoms in total. The molecule has 0 heterocycles. The second kappa shape index (κ2) is 12.7. The Morgan fingerprint density at radius 2 is 1.20 bits per heavy atom. The second-order valence-electron chi connectivity index (χ2n) is 5.34. The number of carbonyl (C=O) groups is 2. The highest BCUT2D eigenvalue weighted by Crippen LogP contribution is 2.19. The first kappa shape index (κ1) is 18.7. The zero-order valence-electron chi connectivity index (χ0n) is 12.4. The topological polar surface area (TPSA) is 74.6 Å². The van der Waals surface area contributed by atoms with Crippen LogP contribution in [0.15, 0.2) is 12.7 Å². The van der Waals surface area contributed by atoms with Crippen molar-refractivity contribution in [3.63, 3.8) is 0 Å². The molecule has 0 rings (SSSR count). The minimum Gasteiger partial charge on any atom is -0.481 e. The lowest BCUT2D eigenvalue weighted by atomic mass is 9.94. The fourth-order valence-corrected chi connectivity index (χ4v) is 2.28. The third-order valence-electron chi connectivity index (χ3n) is 3.51. The normalized spacial score (nSPS) is 12.0. The smallest absolute Gasteiger partial charge is 0.303 e. The Labute approximate surface area is 121 Å². The standard InChI is InChI=1S/C16H28O4/c1-2-14(11-7-5-9-13-16(19)20)10-6-3-4-8-12-15(17)18/h2,14H,1,3-13H2,(H,17,18)(H,19,20). The highest BCUT2D eigenvalue weighted by Gasteiger charge is 2.05. The highest BCUT2D eigenvalue weighted by molar-refractivity contribution is 5.66. The van der Waals surface area contributed by atoms with E-state index in [9.17, 15) is 9.59 Å². The second-order valence-corrected chi connectivity index (χ2v) is 5.34. The third-order valence-corrected chi connectivity index (χ3v) is 3.51. The van der Waals surface area contributed by atoms with E-state index in [0.717, 1.165) is 57.8 Å². The van der Waals surface area contributed by atoms with E-state index in [1.807, 2.05) is 6.08 Å². The van der Waals surface area contributed by atoms with Gasteiger partial charge in [-0.15, -0.1) is 6.58 Å². The van der Waals surface area contributed by atoms with Gasteiger partial charge in [0.05, 0.1) is 0 Å². The summed E-state index contributed by atoms with van der Waals surface area (Å²) < 4.78 is 0. The molecule has 0 saturated carbocycles. The Balaban J connectivity index is 3.45. The van der Waals surface area contributed by atoms with E-state index in [1.54, 1.807) is 0 Å². The van der Waals surface area contributed by atoms with Crippen LogP contribution in [0.1, 0.15) is 70.6 Å². The predicted molar refractivity (Wildman–Crippen MR) is 79.7 cm³/mol. The van der Waals surface area contributed by atoms with E-state index < -0.39 is 11.9 Å². The molecule has 0 fully saturated rings. The van der Waals surface area contributed by atoms with Gasteiger partial charge in [0.2, 0.25) is 0 Å². The summed E-state index contributed by atoms with van der Waals surface area (Å²) in [4.78, 5) is 20.7. The molecule has 0 radical (unpaired) electrons. The molecule has 1 atom stereocenters. The minimum atomic E-state index is -0.716. The van der Waals surface area contributed by atoms with Gasteiger partial charge in [0.1, 0.15) is 0 Å². The number of hydrogen-bond donors (Lipinski definition) is 2. The fourth-order valence-electron chi connectivity index (χ4n) is 2.28. The maximum Gasteiger partial charge on any atom is 0.303 e. The van der Waals surface area contributed by atoms with Crippen molar-refractivity contribution < 1.29 is 19.8 Å². The molecule has 0 amide bonds. The van der Waals surface area contributed by atoms with Crippen molar-refractivity contribution in [2.45, 2.75) is 70.6 Å². The molecule has 20 heavy (non-hydrogen) atoms. The first-order chi connectivity index (χ1) is 9.56. The molecule has 0 aliphatic carbocycles. The van der Waals surface area contributed by atoms with Gasteiger partial charge in [0, 0.05) is 12.8 Å². The van der Waals surface area contributed by atoms with Gasteiger partial charge in [-0.05, 0) is 31.6 Å². The van der Waals surface area contributed by atoms with Crippen molar-refractivity contribution in [1.29, 1.82) is 0 Å². The Morgan fingerprint density at radius 1 is 0.800 bits per heavy atom. The van der Waals surface area contributed by atoms with Gasteiger partial charge >= 0.3 is 11.9 Å². The van der Waals surface area contributed by atoms with Crippen molar-refractivity contribution in [3.8, 4) is 0 Å². The average Bonchev–Trinajstić information content (AvgIpc) is 2.39. The molecule has 0 bridgehead atoms. The third kappa shape index (κ3) is 13.1. The summed E-state index contributed by atoms with van der Waals surface area (Å²) in [6, 6.07) is 0. The van der Waals surface area contributed by atoms with E-state index in [1.165, 1.54) is 0 Å². The minimum absolute atomic E-state index is 0.266. The van der Waals surface area contributed by atoms with E-state index in [2.05, 4.69) is 6.58 Å². The molecule has 0 aromatic carbocycles. The van der Waals surface area contributed by atoms with Crippen LogP contribution < -0.4 is 0 Å². The number of hydrogen-bond acceptors (Lipinski definition) is 2. The molecule has 0 saturated heterocycles. The van der Waals surface area contributed by atoms with Crippen molar-refractivity contribution in [2.75, 3.05) is 0 Å². The van der Waals surface area contributed by atoms with Gasteiger partial charge in [-0.1, -0.05) is 38.2 Å². The van der Waals surface area contributed by atoms with E-state index in [4.69, 9.17) is 10.2 Å². The summed E-state index contributed by atoms with van der Waals surface area (Å²) in [5, 5.41) is 17.1. The molecule has 0 aliphatic rings. The average molecular weight is 284 g/mol. The van der Waals surface area contributed by atoms with Crippen LogP contribution in [0.3, 0.4) is 0 Å². The zero-order valence-corrected chi connectivity index (χ0v) is 12.4. The van der Waals surface area contributed by atoms with Crippen LogP contribution in [0, 0.1) is 5.92 Å². The fraction of sp³-hybridized carbons (Fsp3) is 0.750. The van der Waals surface area contributed by atoms with Crippen molar-refractivity contribution in [2.24, 2.45) is 5.92 Å². The monoisotopic (exact) mass is 284 g/mol. The van der Waals surface area contributed by atoms with E-state index in [-0.39, 0.29) is 12.8 Å². The Bertz CT molecular complexity index is 286. The van der Waals surface area contributed by atoms with Crippen molar-refractivity contribution >= 4 is 11.9 Å². The summed E-state index contributed by atoms with van der Waals surface area (Å²) in [6.45, 7) is 3.85. The number of allylic oxidation sites excluding steroid dienone is 1. The first-order valence-electron chi connectivity index (χ1n) is 7.62. The van der Waals surface area contributed by atoms with Gasteiger partial charge in [0.15, 0.2) is 0 Å². The van der Waals surface area contributed by atoms with Gasteiger partial charge in [0.25, 0.3) is 0 Å². The quantitative estimate of drug-likeness (QED) is 0.369. The molecule has 4 heteroatoms. The molecule has 1 unspecified atom stereocenters. The van der Waals surface area contributed by atoms with E-state index >= 15 is 0 Å². The van der Waals surface area contributed by atoms with Crippen LogP contribution in [-0.4, -0.2) is 22.2 Å². The number of unbranched alkanes of at least 4 members (excludes halogenated alkanes) is 5. The summed E-state index contributed by atoms with van der Waals surface area (Å²) in [6.07, 6.45) is 11.5. The van der Waals surface area contributed by atoms with Crippen LogP contribution in [-0.2, 0) is 9.59 Å². The SMILES string of the molecule is C=CC(CCCCCCC(=O)O)CCCCCC(=O)O. The highest BCUT2D eigenvalue weighted by atomic mass is 16.4. The summed E-state index contributed by atoms with van der Waals surface area (Å²) >= 11 is 0. The van der Waals surface area contributed by atoms with Crippen LogP contribution >= 0.6 is 0 Å². The number of aliphatic carboxylic acids is 2. The van der Waals surface area contributed by atoms with Crippen LogP contribution in [0.4, 0.5) is 0 Å². The summed E-state index contributed by atoms with van der Waals surface area (Å²) in [7, 11) is 0. The molecule has 0 aromatic heterocycles. The lowest BCUT2D eigenvalue weighted by molar-refractivity contribution is -0.138. The Kier molecular flexibility index (Phi) is 11.9. The predicted octanol–water partition coefficient (Wildman–Crippen LogP) is 4.25. The number of rotatable bonds is 14. The molecule has 0 aromatic rings. The zero-order chi connectivity index (χ0) is 15.2. The number of carboxylic acid groups (broad SMARTS) is 2. The maximum atomic E-state index is 10.4. The molecule has 0 aliphatic heterocycles. The van der Waals surface area contributed by atoms with Crippen LogP contribution in [0.5, 0.6) is 0 Å². The van der Waals surface area contributed by atoms with Crippen molar-refractivity contribution in [3.05, 3.63) is 12.7 Å². The van der Waals surface area contributed by atoms with Gasteiger partial charge in [-0.25, -0.2) is 0 Å². The molecule has 116 valence electrons. The lowest BCUT2D eigenvalue weighted by Crippen LogP contribution is -1.98. The largest absolute Gasteiger partial charge is 0.481 e. The lowest BCUT2D eigenvalue weighted by Gasteiger charge is -2.11.